The molecular formula is C7H9N3O4S. The van der Waals surface area contributed by atoms with Gasteiger partial charge in [0.05, 0.1) is 10.8 Å². The number of nitrogens with one attached hydrogen (secondary N) is 1. The van der Waals surface area contributed by atoms with Crippen molar-refractivity contribution in [2.45, 2.75) is 6.92 Å². The van der Waals surface area contributed by atoms with Gasteiger partial charge in [0.25, 0.3) is 0 Å². The van der Waals surface area contributed by atoms with E-state index in [9.17, 15) is 14.9 Å². The highest BCUT2D eigenvalue weighted by molar-refractivity contribution is 7.18. The van der Waals surface area contributed by atoms with Crippen LogP contribution in [0.1, 0.15) is 6.92 Å². The van der Waals surface area contributed by atoms with Crippen LogP contribution in [0.2, 0.25) is 0 Å². The van der Waals surface area contributed by atoms with E-state index in [1.165, 1.54) is 6.92 Å². The number of aromatic nitrogens is 1. The largest absolute Gasteiger partial charge is 0.481 e. The summed E-state index contributed by atoms with van der Waals surface area (Å²) in [7, 11) is 0. The monoisotopic (exact) mass is 231 g/mol. The first kappa shape index (κ1) is 11.4. The lowest BCUT2D eigenvalue weighted by molar-refractivity contribution is -0.380. The molecule has 1 unspecified atom stereocenters. The van der Waals surface area contributed by atoms with Crippen molar-refractivity contribution < 1.29 is 14.8 Å². The van der Waals surface area contributed by atoms with Crippen molar-refractivity contribution in [3.8, 4) is 0 Å². The normalized spacial score (nSPS) is 12.1. The summed E-state index contributed by atoms with van der Waals surface area (Å²) in [5.74, 6) is -1.48. The van der Waals surface area contributed by atoms with Gasteiger partial charge in [0.2, 0.25) is 0 Å². The van der Waals surface area contributed by atoms with E-state index in [0.29, 0.717) is 5.13 Å². The number of carboxylic acids is 1. The summed E-state index contributed by atoms with van der Waals surface area (Å²) in [6, 6.07) is 0. The minimum Gasteiger partial charge on any atom is -0.481 e. The molecule has 0 saturated carbocycles. The van der Waals surface area contributed by atoms with Crippen LogP contribution >= 0.6 is 11.3 Å². The fourth-order valence-electron chi connectivity index (χ4n) is 0.759. The van der Waals surface area contributed by atoms with E-state index >= 15 is 0 Å². The summed E-state index contributed by atoms with van der Waals surface area (Å²) >= 11 is 0.880. The molecule has 0 aliphatic heterocycles. The maximum atomic E-state index is 10.5. The third-order valence-electron chi connectivity index (χ3n) is 1.65. The lowest BCUT2D eigenvalue weighted by Gasteiger charge is -2.05. The molecule has 2 N–H and O–H groups in total. The smallest absolute Gasteiger partial charge is 0.345 e. The fourth-order valence-corrected chi connectivity index (χ4v) is 1.40. The van der Waals surface area contributed by atoms with Crippen LogP contribution in [0.5, 0.6) is 0 Å². The van der Waals surface area contributed by atoms with Crippen LogP contribution in [-0.2, 0) is 4.79 Å². The molecule has 0 fully saturated rings. The average molecular weight is 231 g/mol. The molecule has 0 aromatic carbocycles. The van der Waals surface area contributed by atoms with Crippen molar-refractivity contribution in [2.24, 2.45) is 5.92 Å². The zero-order valence-electron chi connectivity index (χ0n) is 7.84. The topological polar surface area (TPSA) is 105 Å². The number of nitro groups is 1. The van der Waals surface area contributed by atoms with Gasteiger partial charge < -0.3 is 10.4 Å². The Morgan fingerprint density at radius 2 is 2.53 bits per heavy atom. The van der Waals surface area contributed by atoms with Crippen LogP contribution in [0.4, 0.5) is 10.1 Å². The summed E-state index contributed by atoms with van der Waals surface area (Å²) in [4.78, 5) is 24.0. The van der Waals surface area contributed by atoms with Gasteiger partial charge in [-0.05, 0) is 11.3 Å². The molecule has 82 valence electrons. The highest BCUT2D eigenvalue weighted by Crippen LogP contribution is 2.24. The van der Waals surface area contributed by atoms with E-state index in [1.54, 1.807) is 0 Å². The molecule has 15 heavy (non-hydrogen) atoms. The van der Waals surface area contributed by atoms with E-state index in [-0.39, 0.29) is 11.5 Å². The van der Waals surface area contributed by atoms with Crippen molar-refractivity contribution in [3.63, 3.8) is 0 Å². The number of carboxylic acid groups (broad SMARTS) is 1. The van der Waals surface area contributed by atoms with Gasteiger partial charge in [-0.3, -0.25) is 14.9 Å². The Bertz CT molecular complexity index is 378. The Morgan fingerprint density at radius 1 is 1.87 bits per heavy atom. The van der Waals surface area contributed by atoms with Crippen molar-refractivity contribution in [3.05, 3.63) is 16.3 Å². The molecule has 1 aromatic rings. The Hall–Kier alpha value is -1.70. The van der Waals surface area contributed by atoms with E-state index in [0.717, 1.165) is 17.5 Å². The van der Waals surface area contributed by atoms with Gasteiger partial charge in [-0.25, -0.2) is 4.98 Å². The summed E-state index contributed by atoms with van der Waals surface area (Å²) in [5.41, 5.74) is 0. The number of aliphatic carboxylic acids is 1. The lowest BCUT2D eigenvalue weighted by Crippen LogP contribution is -2.19. The molecule has 0 aliphatic rings. The average Bonchev–Trinajstić information content (AvgIpc) is 2.62. The third-order valence-corrected chi connectivity index (χ3v) is 2.56. The number of anilines is 1. The van der Waals surface area contributed by atoms with E-state index in [4.69, 9.17) is 5.11 Å². The molecule has 0 saturated heterocycles. The molecule has 7 nitrogen and oxygen atoms in total. The quantitative estimate of drug-likeness (QED) is 0.582. The number of rotatable bonds is 5. The molecular weight excluding hydrogens is 222 g/mol. The maximum absolute atomic E-state index is 10.5. The first-order valence-corrected chi connectivity index (χ1v) is 4.89. The van der Waals surface area contributed by atoms with Gasteiger partial charge in [0.1, 0.15) is 6.20 Å². The van der Waals surface area contributed by atoms with Gasteiger partial charge in [0, 0.05) is 6.54 Å². The number of thiazole rings is 1. The fraction of sp³-hybridized carbons (Fsp3) is 0.429. The molecule has 0 aliphatic carbocycles. The zero-order valence-corrected chi connectivity index (χ0v) is 8.65. The Balaban J connectivity index is 2.51. The Kier molecular flexibility index (Phi) is 3.56. The molecule has 0 amide bonds. The molecule has 1 atom stereocenters. The molecule has 1 aromatic heterocycles. The minimum absolute atomic E-state index is 0.0690. The SMILES string of the molecule is CC(CNc1ncc([N+](=O)[O-])s1)C(=O)O. The summed E-state index contributed by atoms with van der Waals surface area (Å²) in [6.07, 6.45) is 1.14. The van der Waals surface area contributed by atoms with E-state index < -0.39 is 16.8 Å². The van der Waals surface area contributed by atoms with Gasteiger partial charge in [-0.1, -0.05) is 6.92 Å². The molecule has 0 bridgehead atoms. The predicted octanol–water partition coefficient (Wildman–Crippen LogP) is 1.18. The summed E-state index contributed by atoms with van der Waals surface area (Å²) in [6.45, 7) is 1.73. The van der Waals surface area contributed by atoms with Gasteiger partial charge in [0.15, 0.2) is 5.13 Å². The van der Waals surface area contributed by atoms with Crippen molar-refractivity contribution in [1.29, 1.82) is 0 Å². The lowest BCUT2D eigenvalue weighted by atomic mass is 10.2. The third kappa shape index (κ3) is 3.17. The molecule has 0 spiro atoms. The highest BCUT2D eigenvalue weighted by Gasteiger charge is 2.14. The second-order valence-corrected chi connectivity index (χ2v) is 3.89. The minimum atomic E-state index is -0.923. The molecule has 8 heteroatoms. The van der Waals surface area contributed by atoms with Crippen LogP contribution < -0.4 is 5.32 Å². The van der Waals surface area contributed by atoms with Gasteiger partial charge in [-0.15, -0.1) is 0 Å². The second-order valence-electron chi connectivity index (χ2n) is 2.88. The van der Waals surface area contributed by atoms with Crippen molar-refractivity contribution >= 4 is 27.4 Å². The van der Waals surface area contributed by atoms with Crippen LogP contribution in [0.3, 0.4) is 0 Å². The first-order chi connectivity index (χ1) is 7.00. The maximum Gasteiger partial charge on any atom is 0.345 e. The van der Waals surface area contributed by atoms with Crippen LogP contribution in [0.25, 0.3) is 0 Å². The predicted molar refractivity (Wildman–Crippen MR) is 54.1 cm³/mol. The van der Waals surface area contributed by atoms with Crippen molar-refractivity contribution in [1.82, 2.24) is 4.98 Å². The zero-order chi connectivity index (χ0) is 11.4. The summed E-state index contributed by atoms with van der Waals surface area (Å²) in [5, 5.41) is 21.9. The second kappa shape index (κ2) is 4.69. The van der Waals surface area contributed by atoms with Gasteiger partial charge in [-0.2, -0.15) is 0 Å². The standard InChI is InChI=1S/C7H9N3O4S/c1-4(6(11)12)2-8-7-9-3-5(15-7)10(13)14/h3-4H,2H2,1H3,(H,8,9)(H,11,12). The van der Waals surface area contributed by atoms with E-state index in [2.05, 4.69) is 10.3 Å². The number of hydrogen-bond acceptors (Lipinski definition) is 6. The number of carbonyl (C=O) groups is 1. The number of nitrogens with zero attached hydrogens (tertiary/aromatic N) is 2. The Labute approximate surface area is 88.9 Å². The molecule has 1 rings (SSSR count). The summed E-state index contributed by atoms with van der Waals surface area (Å²) < 4.78 is 0. The highest BCUT2D eigenvalue weighted by atomic mass is 32.1. The molecule has 1 heterocycles. The van der Waals surface area contributed by atoms with Crippen LogP contribution in [-0.4, -0.2) is 27.5 Å². The van der Waals surface area contributed by atoms with E-state index in [1.807, 2.05) is 0 Å². The van der Waals surface area contributed by atoms with Crippen LogP contribution in [0.15, 0.2) is 6.20 Å². The van der Waals surface area contributed by atoms with Crippen LogP contribution in [0, 0.1) is 16.0 Å². The first-order valence-electron chi connectivity index (χ1n) is 4.07. The van der Waals surface area contributed by atoms with Crippen molar-refractivity contribution in [2.75, 3.05) is 11.9 Å². The molecule has 0 radical (unpaired) electrons. The Morgan fingerprint density at radius 3 is 3.00 bits per heavy atom. The number of hydrogen-bond donors (Lipinski definition) is 2. The van der Waals surface area contributed by atoms with Gasteiger partial charge >= 0.3 is 11.0 Å².